The number of aliphatic hydroxyl groups is 1. The van der Waals surface area contributed by atoms with Gasteiger partial charge in [0.05, 0.1) is 6.61 Å². The smallest absolute Gasteiger partial charge is 0.392 e. The molecule has 2 nitrogen and oxygen atoms in total. The van der Waals surface area contributed by atoms with Crippen molar-refractivity contribution in [1.29, 1.82) is 0 Å². The number of hydrogen-bond donors (Lipinski definition) is 2. The van der Waals surface area contributed by atoms with E-state index >= 15 is 0 Å². The van der Waals surface area contributed by atoms with E-state index in [1.165, 1.54) is 6.07 Å². The van der Waals surface area contributed by atoms with Crippen molar-refractivity contribution >= 4 is 0 Å². The fraction of sp³-hybridized carbons (Fsp3) is 0.333. The van der Waals surface area contributed by atoms with Crippen molar-refractivity contribution < 1.29 is 22.7 Å². The predicted octanol–water partition coefficient (Wildman–Crippen LogP) is 1.88. The molecule has 1 atom stereocenters. The molecule has 0 heterocycles. The first-order valence-electron chi connectivity index (χ1n) is 4.07. The Labute approximate surface area is 83.3 Å². The number of benzene rings is 1. The minimum absolute atomic E-state index is 0.186. The number of halogens is 4. The summed E-state index contributed by atoms with van der Waals surface area (Å²) < 4.78 is 49.6. The summed E-state index contributed by atoms with van der Waals surface area (Å²) in [6.45, 7) is -0.460. The maximum Gasteiger partial charge on any atom is 0.407 e. The van der Waals surface area contributed by atoms with Gasteiger partial charge in [0.1, 0.15) is 11.9 Å². The van der Waals surface area contributed by atoms with Gasteiger partial charge in [-0.1, -0.05) is 6.07 Å². The third-order valence-corrected chi connectivity index (χ3v) is 1.93. The van der Waals surface area contributed by atoms with E-state index in [0.29, 0.717) is 0 Å². The van der Waals surface area contributed by atoms with Gasteiger partial charge in [0.15, 0.2) is 0 Å². The summed E-state index contributed by atoms with van der Waals surface area (Å²) in [4.78, 5) is 0. The molecule has 0 fully saturated rings. The number of aliphatic hydroxyl groups excluding tert-OH is 1. The largest absolute Gasteiger partial charge is 0.407 e. The van der Waals surface area contributed by atoms with Crippen molar-refractivity contribution in [2.75, 3.05) is 0 Å². The van der Waals surface area contributed by atoms with Crippen LogP contribution in [0.2, 0.25) is 0 Å². The van der Waals surface area contributed by atoms with E-state index in [0.717, 1.165) is 12.1 Å². The Hall–Kier alpha value is -1.14. The molecule has 0 aliphatic heterocycles. The van der Waals surface area contributed by atoms with Crippen LogP contribution in [-0.4, -0.2) is 11.3 Å². The van der Waals surface area contributed by atoms with Crippen molar-refractivity contribution in [3.05, 3.63) is 35.1 Å². The van der Waals surface area contributed by atoms with Crippen LogP contribution in [0.1, 0.15) is 17.2 Å². The van der Waals surface area contributed by atoms with Crippen LogP contribution in [0.4, 0.5) is 17.6 Å². The average Bonchev–Trinajstić information content (AvgIpc) is 2.16. The summed E-state index contributed by atoms with van der Waals surface area (Å²) in [5, 5.41) is 8.69. The molecule has 0 amide bonds. The molecule has 1 aromatic rings. The average molecular weight is 223 g/mol. The fourth-order valence-corrected chi connectivity index (χ4v) is 1.11. The topological polar surface area (TPSA) is 46.2 Å². The van der Waals surface area contributed by atoms with Crippen LogP contribution < -0.4 is 5.73 Å². The number of rotatable bonds is 2. The van der Waals surface area contributed by atoms with Crippen molar-refractivity contribution in [3.63, 3.8) is 0 Å². The molecule has 3 N–H and O–H groups in total. The minimum atomic E-state index is -4.70. The highest BCUT2D eigenvalue weighted by molar-refractivity contribution is 5.28. The molecule has 0 unspecified atom stereocenters. The zero-order valence-corrected chi connectivity index (χ0v) is 7.55. The summed E-state index contributed by atoms with van der Waals surface area (Å²) in [6, 6.07) is 0.589. The molecule has 0 saturated carbocycles. The second-order valence-corrected chi connectivity index (χ2v) is 3.03. The molecule has 0 spiro atoms. The summed E-state index contributed by atoms with van der Waals surface area (Å²) in [7, 11) is 0. The first-order chi connectivity index (χ1) is 6.86. The second kappa shape index (κ2) is 4.16. The Morgan fingerprint density at radius 1 is 1.33 bits per heavy atom. The molecule has 84 valence electrons. The monoisotopic (exact) mass is 223 g/mol. The lowest BCUT2D eigenvalue weighted by Gasteiger charge is -2.17. The molecule has 0 radical (unpaired) electrons. The lowest BCUT2D eigenvalue weighted by molar-refractivity contribution is -0.149. The Morgan fingerprint density at radius 3 is 2.40 bits per heavy atom. The van der Waals surface area contributed by atoms with Gasteiger partial charge in [-0.3, -0.25) is 0 Å². The summed E-state index contributed by atoms with van der Waals surface area (Å²) in [6.07, 6.45) is -4.70. The maximum atomic E-state index is 13.0. The molecule has 1 rings (SSSR count). The Morgan fingerprint density at radius 2 is 1.93 bits per heavy atom. The Kier molecular flexibility index (Phi) is 3.31. The SMILES string of the molecule is N[C@H](c1cc(CO)ccc1F)C(F)(F)F. The van der Waals surface area contributed by atoms with Gasteiger partial charge in [-0.2, -0.15) is 13.2 Å². The van der Waals surface area contributed by atoms with Crippen LogP contribution in [0.25, 0.3) is 0 Å². The molecule has 0 aromatic heterocycles. The summed E-state index contributed by atoms with van der Waals surface area (Å²) >= 11 is 0. The van der Waals surface area contributed by atoms with Crippen molar-refractivity contribution in [1.82, 2.24) is 0 Å². The molecular formula is C9H9F4NO. The molecule has 0 aliphatic carbocycles. The zero-order chi connectivity index (χ0) is 11.6. The van der Waals surface area contributed by atoms with Crippen molar-refractivity contribution in [2.45, 2.75) is 18.8 Å². The van der Waals surface area contributed by atoms with Gasteiger partial charge in [0, 0.05) is 5.56 Å². The van der Waals surface area contributed by atoms with Crippen LogP contribution >= 0.6 is 0 Å². The predicted molar refractivity (Wildman–Crippen MR) is 45.3 cm³/mol. The minimum Gasteiger partial charge on any atom is -0.392 e. The van der Waals surface area contributed by atoms with Crippen molar-refractivity contribution in [2.24, 2.45) is 5.73 Å². The van der Waals surface area contributed by atoms with E-state index < -0.39 is 30.2 Å². The van der Waals surface area contributed by atoms with Crippen LogP contribution in [0.5, 0.6) is 0 Å². The second-order valence-electron chi connectivity index (χ2n) is 3.03. The van der Waals surface area contributed by atoms with Crippen molar-refractivity contribution in [3.8, 4) is 0 Å². The van der Waals surface area contributed by atoms with E-state index in [2.05, 4.69) is 0 Å². The van der Waals surface area contributed by atoms with Gasteiger partial charge in [-0.15, -0.1) is 0 Å². The fourth-order valence-electron chi connectivity index (χ4n) is 1.11. The maximum absolute atomic E-state index is 13.0. The first-order valence-corrected chi connectivity index (χ1v) is 4.07. The van der Waals surface area contributed by atoms with Gasteiger partial charge in [-0.05, 0) is 17.7 Å². The zero-order valence-electron chi connectivity index (χ0n) is 7.55. The van der Waals surface area contributed by atoms with Gasteiger partial charge in [0.25, 0.3) is 0 Å². The van der Waals surface area contributed by atoms with Crippen LogP contribution in [-0.2, 0) is 6.61 Å². The number of hydrogen-bond acceptors (Lipinski definition) is 2. The highest BCUT2D eigenvalue weighted by Gasteiger charge is 2.39. The summed E-state index contributed by atoms with van der Waals surface area (Å²) in [5.41, 5.74) is 4.38. The molecule has 0 aliphatic rings. The number of nitrogens with two attached hydrogens (primary N) is 1. The van der Waals surface area contributed by atoms with E-state index in [-0.39, 0.29) is 5.56 Å². The van der Waals surface area contributed by atoms with E-state index in [4.69, 9.17) is 10.8 Å². The lowest BCUT2D eigenvalue weighted by Crippen LogP contribution is -2.29. The molecule has 0 bridgehead atoms. The van der Waals surface area contributed by atoms with Crippen LogP contribution in [0, 0.1) is 5.82 Å². The molecule has 1 aromatic carbocycles. The van der Waals surface area contributed by atoms with E-state index in [1.807, 2.05) is 0 Å². The van der Waals surface area contributed by atoms with Gasteiger partial charge >= 0.3 is 6.18 Å². The molecular weight excluding hydrogens is 214 g/mol. The highest BCUT2D eigenvalue weighted by atomic mass is 19.4. The van der Waals surface area contributed by atoms with Crippen LogP contribution in [0.15, 0.2) is 18.2 Å². The Balaban J connectivity index is 3.12. The molecule has 0 saturated heterocycles. The number of alkyl halides is 3. The molecule has 15 heavy (non-hydrogen) atoms. The van der Waals surface area contributed by atoms with Gasteiger partial charge in [-0.25, -0.2) is 4.39 Å². The van der Waals surface area contributed by atoms with E-state index in [9.17, 15) is 17.6 Å². The standard InChI is InChI=1S/C9H9F4NO/c10-7-2-1-5(4-15)3-6(7)8(14)9(11,12)13/h1-3,8,15H,4,14H2/t8-/m1/s1. The third kappa shape index (κ3) is 2.66. The van der Waals surface area contributed by atoms with E-state index in [1.54, 1.807) is 0 Å². The van der Waals surface area contributed by atoms with Gasteiger partial charge in [0.2, 0.25) is 0 Å². The quantitative estimate of drug-likeness (QED) is 0.752. The lowest BCUT2D eigenvalue weighted by atomic mass is 10.0. The normalized spacial score (nSPS) is 14.0. The van der Waals surface area contributed by atoms with Gasteiger partial charge < -0.3 is 10.8 Å². The highest BCUT2D eigenvalue weighted by Crippen LogP contribution is 2.32. The van der Waals surface area contributed by atoms with Crippen LogP contribution in [0.3, 0.4) is 0 Å². The third-order valence-electron chi connectivity index (χ3n) is 1.93. The Bertz CT molecular complexity index is 350. The first kappa shape index (κ1) is 11.9. The summed E-state index contributed by atoms with van der Waals surface area (Å²) in [5.74, 6) is -1.03. The molecule has 6 heteroatoms.